The van der Waals surface area contributed by atoms with Gasteiger partial charge in [-0.1, -0.05) is 23.7 Å². The maximum absolute atomic E-state index is 5.98. The normalized spacial score (nSPS) is 11.6. The molecular formula is C10H8Cl2N2. The first-order valence-corrected chi connectivity index (χ1v) is 5.09. The van der Waals surface area contributed by atoms with E-state index in [2.05, 4.69) is 4.98 Å². The SMILES string of the molecule is ClC/C=C/c1c(Cl)nc2ccccn12. The van der Waals surface area contributed by atoms with Crippen LogP contribution in [-0.2, 0) is 0 Å². The monoisotopic (exact) mass is 226 g/mol. The number of pyridine rings is 1. The molecule has 0 fully saturated rings. The van der Waals surface area contributed by atoms with Crippen molar-refractivity contribution >= 4 is 34.9 Å². The highest BCUT2D eigenvalue weighted by molar-refractivity contribution is 6.31. The summed E-state index contributed by atoms with van der Waals surface area (Å²) >= 11 is 11.5. The topological polar surface area (TPSA) is 17.3 Å². The number of aromatic nitrogens is 2. The van der Waals surface area contributed by atoms with Crippen molar-refractivity contribution in [1.82, 2.24) is 9.38 Å². The van der Waals surface area contributed by atoms with Gasteiger partial charge in [-0.3, -0.25) is 4.40 Å². The zero-order valence-corrected chi connectivity index (χ0v) is 8.83. The Labute approximate surface area is 91.8 Å². The number of halogens is 2. The standard InChI is InChI=1S/C10H8Cl2N2/c11-6-3-4-8-10(12)13-9-5-1-2-7-14(8)9/h1-5,7H,6H2/b4-3+. The molecule has 2 nitrogen and oxygen atoms in total. The minimum atomic E-state index is 0.469. The molecule has 2 rings (SSSR count). The fraction of sp³-hybridized carbons (Fsp3) is 0.100. The molecule has 0 N–H and O–H groups in total. The van der Waals surface area contributed by atoms with E-state index in [1.54, 1.807) is 0 Å². The van der Waals surface area contributed by atoms with Crippen molar-refractivity contribution in [1.29, 1.82) is 0 Å². The molecule has 0 atom stereocenters. The Hall–Kier alpha value is -0.990. The van der Waals surface area contributed by atoms with Crippen LogP contribution in [0.15, 0.2) is 30.5 Å². The molecule has 72 valence electrons. The summed E-state index contributed by atoms with van der Waals surface area (Å²) in [6.45, 7) is 0. The first kappa shape index (κ1) is 9.56. The third-order valence-electron chi connectivity index (χ3n) is 1.89. The second kappa shape index (κ2) is 4.03. The fourth-order valence-electron chi connectivity index (χ4n) is 1.29. The van der Waals surface area contributed by atoms with E-state index >= 15 is 0 Å². The van der Waals surface area contributed by atoms with Gasteiger partial charge in [0.05, 0.1) is 5.69 Å². The van der Waals surface area contributed by atoms with Crippen molar-refractivity contribution in [3.8, 4) is 0 Å². The summed E-state index contributed by atoms with van der Waals surface area (Å²) in [5, 5.41) is 0.498. The van der Waals surface area contributed by atoms with Gasteiger partial charge in [-0.25, -0.2) is 4.98 Å². The van der Waals surface area contributed by atoms with Crippen molar-refractivity contribution < 1.29 is 0 Å². The van der Waals surface area contributed by atoms with Crippen LogP contribution in [0.1, 0.15) is 5.69 Å². The van der Waals surface area contributed by atoms with Gasteiger partial charge in [0.1, 0.15) is 5.65 Å². The quantitative estimate of drug-likeness (QED) is 0.720. The second-order valence-corrected chi connectivity index (χ2v) is 3.44. The molecule has 0 aliphatic carbocycles. The van der Waals surface area contributed by atoms with E-state index in [0.717, 1.165) is 11.3 Å². The Bertz CT molecular complexity index is 474. The molecule has 0 bridgehead atoms. The maximum Gasteiger partial charge on any atom is 0.155 e. The van der Waals surface area contributed by atoms with Crippen LogP contribution in [0.25, 0.3) is 11.7 Å². The Morgan fingerprint density at radius 2 is 2.29 bits per heavy atom. The van der Waals surface area contributed by atoms with Gasteiger partial charge in [0, 0.05) is 12.1 Å². The molecular weight excluding hydrogens is 219 g/mol. The molecule has 0 amide bonds. The van der Waals surface area contributed by atoms with Gasteiger partial charge >= 0.3 is 0 Å². The summed E-state index contributed by atoms with van der Waals surface area (Å²) in [5.41, 5.74) is 1.70. The number of alkyl halides is 1. The molecule has 0 saturated heterocycles. The lowest BCUT2D eigenvalue weighted by Gasteiger charge is -1.94. The fourth-order valence-corrected chi connectivity index (χ4v) is 1.62. The Morgan fingerprint density at radius 1 is 1.43 bits per heavy atom. The van der Waals surface area contributed by atoms with Gasteiger partial charge in [-0.15, -0.1) is 11.6 Å². The van der Waals surface area contributed by atoms with E-state index in [0.29, 0.717) is 11.0 Å². The van der Waals surface area contributed by atoms with Gasteiger partial charge in [0.2, 0.25) is 0 Å². The van der Waals surface area contributed by atoms with E-state index in [4.69, 9.17) is 23.2 Å². The second-order valence-electron chi connectivity index (χ2n) is 2.77. The van der Waals surface area contributed by atoms with Gasteiger partial charge in [-0.2, -0.15) is 0 Å². The molecule has 0 radical (unpaired) electrons. The highest BCUT2D eigenvalue weighted by atomic mass is 35.5. The third-order valence-corrected chi connectivity index (χ3v) is 2.34. The number of hydrogen-bond acceptors (Lipinski definition) is 1. The predicted molar refractivity (Wildman–Crippen MR) is 60.0 cm³/mol. The molecule has 0 aliphatic rings. The molecule has 2 heterocycles. The van der Waals surface area contributed by atoms with Crippen LogP contribution < -0.4 is 0 Å². The number of allylic oxidation sites excluding steroid dienone is 1. The number of hydrogen-bond donors (Lipinski definition) is 0. The van der Waals surface area contributed by atoms with Crippen LogP contribution in [0.2, 0.25) is 5.15 Å². The van der Waals surface area contributed by atoms with E-state index in [-0.39, 0.29) is 0 Å². The van der Waals surface area contributed by atoms with Crippen LogP contribution in [-0.4, -0.2) is 15.3 Å². The highest BCUT2D eigenvalue weighted by Crippen LogP contribution is 2.18. The maximum atomic E-state index is 5.98. The van der Waals surface area contributed by atoms with Gasteiger partial charge in [0.15, 0.2) is 5.15 Å². The van der Waals surface area contributed by atoms with Crippen LogP contribution in [0.3, 0.4) is 0 Å². The summed E-state index contributed by atoms with van der Waals surface area (Å²) in [5.74, 6) is 0.469. The average Bonchev–Trinajstić information content (AvgIpc) is 2.51. The van der Waals surface area contributed by atoms with Crippen LogP contribution >= 0.6 is 23.2 Å². The minimum absolute atomic E-state index is 0.469. The summed E-state index contributed by atoms with van der Waals surface area (Å²) in [6, 6.07) is 5.76. The lowest BCUT2D eigenvalue weighted by Crippen LogP contribution is -1.85. The Balaban J connectivity index is 2.62. The first-order chi connectivity index (χ1) is 6.83. The summed E-state index contributed by atoms with van der Waals surface area (Å²) in [6.07, 6.45) is 5.63. The van der Waals surface area contributed by atoms with Crippen molar-refractivity contribution in [2.45, 2.75) is 0 Å². The summed E-state index contributed by atoms with van der Waals surface area (Å²) in [4.78, 5) is 4.20. The van der Waals surface area contributed by atoms with Crippen molar-refractivity contribution in [3.63, 3.8) is 0 Å². The van der Waals surface area contributed by atoms with Crippen molar-refractivity contribution in [2.24, 2.45) is 0 Å². The third kappa shape index (κ3) is 1.63. The average molecular weight is 227 g/mol. The van der Waals surface area contributed by atoms with Gasteiger partial charge < -0.3 is 0 Å². The largest absolute Gasteiger partial charge is 0.299 e. The minimum Gasteiger partial charge on any atom is -0.299 e. The van der Waals surface area contributed by atoms with Crippen molar-refractivity contribution in [2.75, 3.05) is 5.88 Å². The molecule has 0 spiro atoms. The number of nitrogens with zero attached hydrogens (tertiary/aromatic N) is 2. The molecule has 4 heteroatoms. The van der Waals surface area contributed by atoms with E-state index in [1.807, 2.05) is 40.9 Å². The van der Waals surface area contributed by atoms with E-state index < -0.39 is 0 Å². The molecule has 0 aliphatic heterocycles. The van der Waals surface area contributed by atoms with Crippen LogP contribution in [0.4, 0.5) is 0 Å². The number of fused-ring (bicyclic) bond motifs is 1. The summed E-state index contributed by atoms with van der Waals surface area (Å²) in [7, 11) is 0. The zero-order chi connectivity index (χ0) is 9.97. The molecule has 2 aromatic heterocycles. The number of imidazole rings is 1. The van der Waals surface area contributed by atoms with Gasteiger partial charge in [-0.05, 0) is 18.2 Å². The first-order valence-electron chi connectivity index (χ1n) is 4.18. The number of rotatable bonds is 2. The van der Waals surface area contributed by atoms with E-state index in [9.17, 15) is 0 Å². The smallest absolute Gasteiger partial charge is 0.155 e. The molecule has 0 aromatic carbocycles. The molecule has 0 saturated carbocycles. The van der Waals surface area contributed by atoms with Crippen molar-refractivity contribution in [3.05, 3.63) is 41.3 Å². The van der Waals surface area contributed by atoms with Crippen LogP contribution in [0, 0.1) is 0 Å². The highest BCUT2D eigenvalue weighted by Gasteiger charge is 2.05. The van der Waals surface area contributed by atoms with E-state index in [1.165, 1.54) is 0 Å². The lowest BCUT2D eigenvalue weighted by atomic mass is 10.4. The Kier molecular flexibility index (Phi) is 2.75. The zero-order valence-electron chi connectivity index (χ0n) is 7.32. The summed E-state index contributed by atoms with van der Waals surface area (Å²) < 4.78 is 1.92. The molecule has 14 heavy (non-hydrogen) atoms. The Morgan fingerprint density at radius 3 is 3.07 bits per heavy atom. The van der Waals surface area contributed by atoms with Crippen LogP contribution in [0.5, 0.6) is 0 Å². The van der Waals surface area contributed by atoms with Gasteiger partial charge in [0.25, 0.3) is 0 Å². The lowest BCUT2D eigenvalue weighted by molar-refractivity contribution is 1.17. The molecule has 2 aromatic rings. The predicted octanol–water partition coefficient (Wildman–Crippen LogP) is 3.24. The molecule has 0 unspecified atom stereocenters.